The van der Waals surface area contributed by atoms with Gasteiger partial charge in [-0.15, -0.1) is 0 Å². The summed E-state index contributed by atoms with van der Waals surface area (Å²) < 4.78 is 58.4. The summed E-state index contributed by atoms with van der Waals surface area (Å²) in [4.78, 5) is 0. The number of aliphatic hydroxyl groups is 1. The third-order valence-corrected chi connectivity index (χ3v) is 1.54. The number of halogens is 5. The van der Waals surface area contributed by atoms with Gasteiger partial charge in [-0.3, -0.25) is 0 Å². The van der Waals surface area contributed by atoms with E-state index in [1.807, 2.05) is 0 Å². The summed E-state index contributed by atoms with van der Waals surface area (Å²) in [5.41, 5.74) is 0. The molecule has 0 spiro atoms. The molecule has 0 aliphatic carbocycles. The monoisotopic (exact) mass is 210 g/mol. The molecule has 1 nitrogen and oxygen atoms in total. The highest BCUT2D eigenvalue weighted by molar-refractivity contribution is 7.80. The van der Waals surface area contributed by atoms with E-state index in [4.69, 9.17) is 5.11 Å². The maximum atomic E-state index is 12.0. The van der Waals surface area contributed by atoms with Crippen molar-refractivity contribution in [3.8, 4) is 0 Å². The zero-order valence-electron chi connectivity index (χ0n) is 5.78. The molecule has 0 saturated carbocycles. The molecule has 0 rings (SSSR count). The van der Waals surface area contributed by atoms with Crippen molar-refractivity contribution in [1.82, 2.24) is 0 Å². The first-order valence-electron chi connectivity index (χ1n) is 2.94. The number of hydrogen-bond donors (Lipinski definition) is 2. The predicted octanol–water partition coefficient (Wildman–Crippen LogP) is 1.86. The number of rotatable bonds is 3. The van der Waals surface area contributed by atoms with Crippen molar-refractivity contribution < 1.29 is 27.1 Å². The van der Waals surface area contributed by atoms with E-state index in [9.17, 15) is 22.0 Å². The number of thiol groups is 1. The maximum absolute atomic E-state index is 12.0. The van der Waals surface area contributed by atoms with Gasteiger partial charge in [-0.2, -0.15) is 34.6 Å². The second-order valence-electron chi connectivity index (χ2n) is 2.24. The molecule has 0 aliphatic rings. The highest BCUT2D eigenvalue weighted by Crippen LogP contribution is 2.38. The van der Waals surface area contributed by atoms with E-state index < -0.39 is 30.4 Å². The van der Waals surface area contributed by atoms with Gasteiger partial charge in [-0.05, 0) is 0 Å². The molecule has 0 aromatic heterocycles. The van der Waals surface area contributed by atoms with Crippen molar-refractivity contribution in [1.29, 1.82) is 0 Å². The van der Waals surface area contributed by atoms with Crippen LogP contribution < -0.4 is 0 Å². The normalized spacial score (nSPS) is 16.2. The Balaban J connectivity index is 4.22. The molecule has 0 aromatic carbocycles. The van der Waals surface area contributed by atoms with Crippen LogP contribution >= 0.6 is 12.6 Å². The summed E-state index contributed by atoms with van der Waals surface area (Å²) in [6.07, 6.45) is -8.98. The minimum atomic E-state index is -5.60. The number of alkyl halides is 5. The number of aliphatic hydroxyl groups excluding tert-OH is 1. The molecule has 1 N–H and O–H groups in total. The van der Waals surface area contributed by atoms with Gasteiger partial charge >= 0.3 is 12.1 Å². The van der Waals surface area contributed by atoms with Gasteiger partial charge < -0.3 is 5.11 Å². The lowest BCUT2D eigenvalue weighted by atomic mass is 10.1. The van der Waals surface area contributed by atoms with E-state index in [0.717, 1.165) is 0 Å². The lowest BCUT2D eigenvalue weighted by molar-refractivity contribution is -0.289. The predicted molar refractivity (Wildman–Crippen MR) is 35.5 cm³/mol. The Bertz CT molecular complexity index is 145. The van der Waals surface area contributed by atoms with Crippen LogP contribution in [0.15, 0.2) is 0 Å². The standard InChI is InChI=1S/C5H7F5OS/c6-4(7,5(8,9)10)1-3(11)2-12/h3,11-12H,1-2H2. The second-order valence-corrected chi connectivity index (χ2v) is 2.61. The molecular weight excluding hydrogens is 203 g/mol. The van der Waals surface area contributed by atoms with E-state index in [0.29, 0.717) is 0 Å². The zero-order chi connectivity index (χ0) is 9.99. The molecular formula is C5H7F5OS. The van der Waals surface area contributed by atoms with Crippen molar-refractivity contribution >= 4 is 12.6 Å². The molecule has 0 aromatic rings. The van der Waals surface area contributed by atoms with Crippen molar-refractivity contribution in [3.63, 3.8) is 0 Å². The summed E-state index contributed by atoms with van der Waals surface area (Å²) in [7, 11) is 0. The van der Waals surface area contributed by atoms with Gasteiger partial charge in [0.15, 0.2) is 0 Å². The van der Waals surface area contributed by atoms with Gasteiger partial charge in [0.2, 0.25) is 0 Å². The van der Waals surface area contributed by atoms with E-state index in [1.165, 1.54) is 0 Å². The fourth-order valence-electron chi connectivity index (χ4n) is 0.476. The highest BCUT2D eigenvalue weighted by atomic mass is 32.1. The van der Waals surface area contributed by atoms with Crippen LogP contribution in [0.1, 0.15) is 6.42 Å². The summed E-state index contributed by atoms with van der Waals surface area (Å²) in [6.45, 7) is 0. The molecule has 0 saturated heterocycles. The van der Waals surface area contributed by atoms with Gasteiger partial charge in [0.25, 0.3) is 0 Å². The fraction of sp³-hybridized carbons (Fsp3) is 1.00. The molecule has 0 heterocycles. The van der Waals surface area contributed by atoms with Crippen LogP contribution in [0.25, 0.3) is 0 Å². The largest absolute Gasteiger partial charge is 0.453 e. The lowest BCUT2D eigenvalue weighted by Gasteiger charge is -2.21. The fourth-order valence-corrected chi connectivity index (χ4v) is 0.605. The molecule has 12 heavy (non-hydrogen) atoms. The minimum Gasteiger partial charge on any atom is -0.392 e. The SMILES string of the molecule is OC(CS)CC(F)(F)C(F)(F)F. The Morgan fingerprint density at radius 3 is 1.83 bits per heavy atom. The van der Waals surface area contributed by atoms with E-state index >= 15 is 0 Å². The zero-order valence-corrected chi connectivity index (χ0v) is 6.67. The molecule has 74 valence electrons. The third kappa shape index (κ3) is 3.14. The van der Waals surface area contributed by atoms with Crippen LogP contribution in [0.5, 0.6) is 0 Å². The smallest absolute Gasteiger partial charge is 0.392 e. The van der Waals surface area contributed by atoms with Gasteiger partial charge in [0.05, 0.1) is 6.10 Å². The number of hydrogen-bond acceptors (Lipinski definition) is 2. The lowest BCUT2D eigenvalue weighted by Crippen LogP contribution is -2.39. The van der Waals surface area contributed by atoms with Crippen molar-refractivity contribution in [3.05, 3.63) is 0 Å². The molecule has 7 heteroatoms. The summed E-state index contributed by atoms with van der Waals surface area (Å²) in [6, 6.07) is 0. The third-order valence-electron chi connectivity index (χ3n) is 1.12. The van der Waals surface area contributed by atoms with Crippen LogP contribution in [0, 0.1) is 0 Å². The Kier molecular flexibility index (Phi) is 3.77. The molecule has 0 radical (unpaired) electrons. The maximum Gasteiger partial charge on any atom is 0.453 e. The molecule has 0 aliphatic heterocycles. The Hall–Kier alpha value is -0.0400. The first kappa shape index (κ1) is 12.0. The van der Waals surface area contributed by atoms with Gasteiger partial charge in [-0.25, -0.2) is 0 Å². The molecule has 0 bridgehead atoms. The first-order chi connectivity index (χ1) is 5.20. The van der Waals surface area contributed by atoms with Gasteiger partial charge in [0, 0.05) is 12.2 Å². The molecule has 0 amide bonds. The second kappa shape index (κ2) is 3.78. The average molecular weight is 210 g/mol. The average Bonchev–Trinajstić information content (AvgIpc) is 1.84. The van der Waals surface area contributed by atoms with Crippen molar-refractivity contribution in [2.45, 2.75) is 24.6 Å². The van der Waals surface area contributed by atoms with Crippen LogP contribution in [0.3, 0.4) is 0 Å². The van der Waals surface area contributed by atoms with Crippen LogP contribution in [0.2, 0.25) is 0 Å². The van der Waals surface area contributed by atoms with E-state index in [2.05, 4.69) is 12.6 Å². The van der Waals surface area contributed by atoms with Crippen molar-refractivity contribution in [2.24, 2.45) is 0 Å². The topological polar surface area (TPSA) is 20.2 Å². The Labute approximate surface area is 71.0 Å². The quantitative estimate of drug-likeness (QED) is 0.538. The first-order valence-corrected chi connectivity index (χ1v) is 3.57. The summed E-state index contributed by atoms with van der Waals surface area (Å²) >= 11 is 3.37. The Morgan fingerprint density at radius 1 is 1.17 bits per heavy atom. The van der Waals surface area contributed by atoms with Crippen LogP contribution in [-0.2, 0) is 0 Å². The van der Waals surface area contributed by atoms with Gasteiger partial charge in [0.1, 0.15) is 0 Å². The minimum absolute atomic E-state index is 0.425. The van der Waals surface area contributed by atoms with Crippen LogP contribution in [0.4, 0.5) is 22.0 Å². The molecule has 0 fully saturated rings. The van der Waals surface area contributed by atoms with E-state index in [-0.39, 0.29) is 0 Å². The molecule has 1 atom stereocenters. The Morgan fingerprint density at radius 2 is 1.58 bits per heavy atom. The summed E-state index contributed by atoms with van der Waals surface area (Å²) in [5.74, 6) is -5.26. The van der Waals surface area contributed by atoms with Crippen molar-refractivity contribution in [2.75, 3.05) is 5.75 Å². The molecule has 1 unspecified atom stereocenters. The highest BCUT2D eigenvalue weighted by Gasteiger charge is 2.57. The van der Waals surface area contributed by atoms with Crippen LogP contribution in [-0.4, -0.2) is 29.1 Å². The van der Waals surface area contributed by atoms with Gasteiger partial charge in [-0.1, -0.05) is 0 Å². The van der Waals surface area contributed by atoms with E-state index in [1.54, 1.807) is 0 Å². The summed E-state index contributed by atoms with van der Waals surface area (Å²) in [5, 5.41) is 8.50.